The smallest absolute Gasteiger partial charge is 0.254 e. The first-order valence-electron chi connectivity index (χ1n) is 9.53. The van der Waals surface area contributed by atoms with E-state index in [9.17, 15) is 13.6 Å². The molecule has 156 valence electrons. The zero-order chi connectivity index (χ0) is 21.8. The third-order valence-electron chi connectivity index (χ3n) is 4.78. The second-order valence-electron chi connectivity index (χ2n) is 6.71. The summed E-state index contributed by atoms with van der Waals surface area (Å²) in [5, 5.41) is 6.14. The van der Waals surface area contributed by atoms with E-state index in [0.29, 0.717) is 40.9 Å². The maximum Gasteiger partial charge on any atom is 0.254 e. The molecule has 31 heavy (non-hydrogen) atoms. The van der Waals surface area contributed by atoms with Gasteiger partial charge in [-0.2, -0.15) is 4.39 Å². The quantitative estimate of drug-likeness (QED) is 0.465. The van der Waals surface area contributed by atoms with Gasteiger partial charge < -0.3 is 10.6 Å². The van der Waals surface area contributed by atoms with Gasteiger partial charge in [-0.25, -0.2) is 19.3 Å². The van der Waals surface area contributed by atoms with Gasteiger partial charge in [-0.15, -0.1) is 0 Å². The van der Waals surface area contributed by atoms with Crippen LogP contribution in [-0.2, 0) is 6.42 Å². The fraction of sp³-hybridized carbons (Fsp3) is 0.136. The highest BCUT2D eigenvalue weighted by molar-refractivity contribution is 6.06. The molecule has 7 nitrogen and oxygen atoms in total. The van der Waals surface area contributed by atoms with Gasteiger partial charge in [0.2, 0.25) is 5.95 Å². The number of fused-ring (bicyclic) bond motifs is 1. The van der Waals surface area contributed by atoms with Crippen molar-refractivity contribution in [2.24, 2.45) is 0 Å². The molecule has 0 aliphatic heterocycles. The molecular weight excluding hydrogens is 402 g/mol. The van der Waals surface area contributed by atoms with Crippen molar-refractivity contribution in [2.45, 2.75) is 6.42 Å². The average molecular weight is 420 g/mol. The average Bonchev–Trinajstić information content (AvgIpc) is 2.79. The number of carbonyl (C=O) groups is 1. The largest absolute Gasteiger partial charge is 0.370 e. The van der Waals surface area contributed by atoms with Gasteiger partial charge >= 0.3 is 0 Å². The van der Waals surface area contributed by atoms with Gasteiger partial charge in [0.1, 0.15) is 12.1 Å². The topological polar surface area (TPSA) is 92.7 Å². The van der Waals surface area contributed by atoms with Crippen LogP contribution in [0.25, 0.3) is 22.2 Å². The lowest BCUT2D eigenvalue weighted by Gasteiger charge is -2.11. The van der Waals surface area contributed by atoms with Crippen LogP contribution in [0.4, 0.5) is 14.6 Å². The maximum atomic E-state index is 14.2. The van der Waals surface area contributed by atoms with Gasteiger partial charge in [0.15, 0.2) is 5.82 Å². The fourth-order valence-corrected chi connectivity index (χ4v) is 3.28. The Hall–Kier alpha value is -4.01. The predicted octanol–water partition coefficient (Wildman–Crippen LogP) is 3.38. The molecule has 1 amide bonds. The minimum Gasteiger partial charge on any atom is -0.370 e. The number of aromatic nitrogens is 4. The molecule has 0 atom stereocenters. The molecule has 0 unspecified atom stereocenters. The van der Waals surface area contributed by atoms with Crippen molar-refractivity contribution < 1.29 is 13.6 Å². The van der Waals surface area contributed by atoms with Crippen molar-refractivity contribution in [3.05, 3.63) is 78.0 Å². The first-order valence-corrected chi connectivity index (χ1v) is 9.53. The third-order valence-corrected chi connectivity index (χ3v) is 4.78. The van der Waals surface area contributed by atoms with Crippen LogP contribution >= 0.6 is 0 Å². The normalized spacial score (nSPS) is 10.8. The summed E-state index contributed by atoms with van der Waals surface area (Å²) in [6, 6.07) is 9.96. The van der Waals surface area contributed by atoms with E-state index in [4.69, 9.17) is 0 Å². The van der Waals surface area contributed by atoms with E-state index in [2.05, 4.69) is 30.6 Å². The molecule has 3 aromatic heterocycles. The lowest BCUT2D eigenvalue weighted by atomic mass is 10.0. The Morgan fingerprint density at radius 2 is 1.90 bits per heavy atom. The van der Waals surface area contributed by atoms with Crippen LogP contribution in [0, 0.1) is 11.8 Å². The predicted molar refractivity (Wildman–Crippen MR) is 113 cm³/mol. The number of carbonyl (C=O) groups excluding carboxylic acids is 1. The minimum atomic E-state index is -0.661. The number of para-hydroxylation sites is 1. The van der Waals surface area contributed by atoms with Crippen molar-refractivity contribution in [2.75, 3.05) is 18.9 Å². The molecule has 0 bridgehead atoms. The number of nitrogens with zero attached hydrogens (tertiary/aromatic N) is 4. The lowest BCUT2D eigenvalue weighted by molar-refractivity contribution is 0.0961. The molecule has 4 aromatic rings. The van der Waals surface area contributed by atoms with Gasteiger partial charge in [-0.1, -0.05) is 18.2 Å². The van der Waals surface area contributed by atoms with E-state index in [-0.39, 0.29) is 5.56 Å². The summed E-state index contributed by atoms with van der Waals surface area (Å²) in [7, 11) is 1.46. The number of amides is 1. The number of hydrogen-bond donors (Lipinski definition) is 2. The molecular formula is C22H18F2N6O. The Morgan fingerprint density at radius 1 is 1.03 bits per heavy atom. The zero-order valence-corrected chi connectivity index (χ0v) is 16.6. The molecule has 0 aliphatic carbocycles. The van der Waals surface area contributed by atoms with Gasteiger partial charge in [0.05, 0.1) is 23.0 Å². The van der Waals surface area contributed by atoms with E-state index >= 15 is 0 Å². The Labute approximate surface area is 176 Å². The highest BCUT2D eigenvalue weighted by Gasteiger charge is 2.17. The molecule has 4 rings (SSSR count). The van der Waals surface area contributed by atoms with Gasteiger partial charge in [-0.05, 0) is 24.1 Å². The first kappa shape index (κ1) is 20.3. The van der Waals surface area contributed by atoms with Crippen molar-refractivity contribution in [1.82, 2.24) is 25.3 Å². The number of halogens is 2. The molecule has 0 saturated heterocycles. The standard InChI is InChI=1S/C22H18F2N6O/c1-25-22(31)20-15-4-2-3-13(21(15)28-11-16(20)23)7-8-26-19-9-17(29-12-30-19)14-5-6-18(24)27-10-14/h2-6,9-12H,7-8H2,1H3,(H,25,31)(H,26,29,30). The number of nitrogens with one attached hydrogen (secondary N) is 2. The number of anilines is 1. The molecule has 9 heteroatoms. The highest BCUT2D eigenvalue weighted by atomic mass is 19.1. The van der Waals surface area contributed by atoms with E-state index in [1.807, 2.05) is 6.07 Å². The summed E-state index contributed by atoms with van der Waals surface area (Å²) in [6.07, 6.45) is 4.46. The van der Waals surface area contributed by atoms with Gasteiger partial charge in [0.25, 0.3) is 5.91 Å². The van der Waals surface area contributed by atoms with E-state index in [1.54, 1.807) is 24.3 Å². The van der Waals surface area contributed by atoms with Gasteiger partial charge in [0, 0.05) is 36.8 Å². The molecule has 0 spiro atoms. The van der Waals surface area contributed by atoms with E-state index in [0.717, 1.165) is 11.8 Å². The fourth-order valence-electron chi connectivity index (χ4n) is 3.28. The van der Waals surface area contributed by atoms with Crippen molar-refractivity contribution >= 4 is 22.6 Å². The zero-order valence-electron chi connectivity index (χ0n) is 16.6. The Bertz CT molecular complexity index is 1250. The van der Waals surface area contributed by atoms with Crippen LogP contribution in [-0.4, -0.2) is 39.4 Å². The molecule has 0 fully saturated rings. The molecule has 2 N–H and O–H groups in total. The third kappa shape index (κ3) is 4.30. The summed E-state index contributed by atoms with van der Waals surface area (Å²) < 4.78 is 27.2. The van der Waals surface area contributed by atoms with Gasteiger partial charge in [-0.3, -0.25) is 9.78 Å². The first-order chi connectivity index (χ1) is 15.1. The molecule has 1 aromatic carbocycles. The van der Waals surface area contributed by atoms with Crippen LogP contribution < -0.4 is 10.6 Å². The van der Waals surface area contributed by atoms with Crippen molar-refractivity contribution in [3.63, 3.8) is 0 Å². The summed E-state index contributed by atoms with van der Waals surface area (Å²) in [4.78, 5) is 28.3. The monoisotopic (exact) mass is 420 g/mol. The number of pyridine rings is 2. The maximum absolute atomic E-state index is 14.2. The number of hydrogen-bond acceptors (Lipinski definition) is 6. The van der Waals surface area contributed by atoms with Crippen LogP contribution in [0.5, 0.6) is 0 Å². The van der Waals surface area contributed by atoms with Crippen LogP contribution in [0.2, 0.25) is 0 Å². The number of benzene rings is 1. The molecule has 3 heterocycles. The minimum absolute atomic E-state index is 0.0179. The molecule has 0 radical (unpaired) electrons. The second-order valence-corrected chi connectivity index (χ2v) is 6.71. The summed E-state index contributed by atoms with van der Waals surface area (Å²) in [5.41, 5.74) is 2.71. The lowest BCUT2D eigenvalue weighted by Crippen LogP contribution is -2.20. The second kappa shape index (κ2) is 8.78. The Kier molecular flexibility index (Phi) is 5.74. The van der Waals surface area contributed by atoms with Crippen molar-refractivity contribution in [3.8, 4) is 11.3 Å². The van der Waals surface area contributed by atoms with Crippen LogP contribution in [0.1, 0.15) is 15.9 Å². The van der Waals surface area contributed by atoms with E-state index < -0.39 is 17.7 Å². The molecule has 0 saturated carbocycles. The SMILES string of the molecule is CNC(=O)c1c(F)cnc2c(CCNc3cc(-c4ccc(F)nc4)ncn3)cccc12. The molecule has 0 aliphatic rings. The highest BCUT2D eigenvalue weighted by Crippen LogP contribution is 2.23. The summed E-state index contributed by atoms with van der Waals surface area (Å²) >= 11 is 0. The van der Waals surface area contributed by atoms with Crippen LogP contribution in [0.15, 0.2) is 55.1 Å². The number of rotatable bonds is 6. The summed E-state index contributed by atoms with van der Waals surface area (Å²) in [5.74, 6) is -1.12. The summed E-state index contributed by atoms with van der Waals surface area (Å²) in [6.45, 7) is 0.519. The van der Waals surface area contributed by atoms with E-state index in [1.165, 1.54) is 25.6 Å². The van der Waals surface area contributed by atoms with Crippen LogP contribution in [0.3, 0.4) is 0 Å². The Balaban J connectivity index is 1.52. The Morgan fingerprint density at radius 3 is 2.68 bits per heavy atom. The van der Waals surface area contributed by atoms with Crippen molar-refractivity contribution in [1.29, 1.82) is 0 Å².